The lowest BCUT2D eigenvalue weighted by atomic mass is 10.1. The summed E-state index contributed by atoms with van der Waals surface area (Å²) in [5.41, 5.74) is -0.328. The highest BCUT2D eigenvalue weighted by Gasteiger charge is 2.29. The average Bonchev–Trinajstić information content (AvgIpc) is 3.19. The molecule has 0 aliphatic heterocycles. The van der Waals surface area contributed by atoms with Gasteiger partial charge in [-0.2, -0.15) is 0 Å². The number of hydrogen-bond donors (Lipinski definition) is 0. The Balaban J connectivity index is 2.02. The summed E-state index contributed by atoms with van der Waals surface area (Å²) in [7, 11) is 3.27. The number of carbonyl (C=O) groups is 1. The van der Waals surface area contributed by atoms with E-state index in [9.17, 15) is 14.4 Å². The minimum Gasteiger partial charge on any atom is -0.336 e. The van der Waals surface area contributed by atoms with Gasteiger partial charge in [0.05, 0.1) is 6.33 Å². The molecule has 0 atom stereocenters. The van der Waals surface area contributed by atoms with Crippen molar-refractivity contribution in [1.82, 2.24) is 23.6 Å². The number of fused-ring (bicyclic) bond motifs is 1. The van der Waals surface area contributed by atoms with E-state index in [1.165, 1.54) is 10.9 Å². The lowest BCUT2D eigenvalue weighted by molar-refractivity contribution is -0.136. The molecule has 0 unspecified atom stereocenters. The van der Waals surface area contributed by atoms with Gasteiger partial charge in [-0.15, -0.1) is 0 Å². The predicted molar refractivity (Wildman–Crippen MR) is 94.5 cm³/mol. The lowest BCUT2D eigenvalue weighted by Crippen LogP contribution is -2.49. The van der Waals surface area contributed by atoms with Crippen LogP contribution in [0.3, 0.4) is 0 Å². The molecular weight excluding hydrogens is 322 g/mol. The van der Waals surface area contributed by atoms with Crippen LogP contribution in [0.25, 0.3) is 11.2 Å². The Morgan fingerprint density at radius 1 is 1.28 bits per heavy atom. The van der Waals surface area contributed by atoms with E-state index in [0.29, 0.717) is 11.2 Å². The molecule has 8 heteroatoms. The summed E-state index contributed by atoms with van der Waals surface area (Å²) in [4.78, 5) is 44.2. The van der Waals surface area contributed by atoms with Crippen LogP contribution in [0.15, 0.2) is 15.9 Å². The summed E-state index contributed by atoms with van der Waals surface area (Å²) in [6.07, 6.45) is 5.69. The number of imidazole rings is 1. The van der Waals surface area contributed by atoms with Gasteiger partial charge >= 0.3 is 5.69 Å². The van der Waals surface area contributed by atoms with Gasteiger partial charge in [-0.1, -0.05) is 12.8 Å². The molecule has 8 nitrogen and oxygen atoms in total. The maximum absolute atomic E-state index is 12.9. The van der Waals surface area contributed by atoms with E-state index in [0.717, 1.165) is 30.3 Å². The predicted octanol–water partition coefficient (Wildman–Crippen LogP) is 0.613. The topological polar surface area (TPSA) is 82.1 Å². The number of rotatable bonds is 4. The first-order valence-electron chi connectivity index (χ1n) is 8.75. The van der Waals surface area contributed by atoms with E-state index in [-0.39, 0.29) is 24.5 Å². The monoisotopic (exact) mass is 347 g/mol. The van der Waals surface area contributed by atoms with Crippen LogP contribution in [0.1, 0.15) is 39.5 Å². The first-order valence-corrected chi connectivity index (χ1v) is 8.75. The van der Waals surface area contributed by atoms with Crippen LogP contribution in [-0.2, 0) is 25.4 Å². The van der Waals surface area contributed by atoms with Gasteiger partial charge in [0.2, 0.25) is 5.91 Å². The molecule has 25 heavy (non-hydrogen) atoms. The minimum atomic E-state index is -0.514. The van der Waals surface area contributed by atoms with E-state index in [2.05, 4.69) is 4.98 Å². The van der Waals surface area contributed by atoms with Crippen LogP contribution >= 0.6 is 0 Å². The molecule has 1 saturated carbocycles. The van der Waals surface area contributed by atoms with Crippen LogP contribution in [-0.4, -0.2) is 41.6 Å². The highest BCUT2D eigenvalue weighted by molar-refractivity contribution is 5.77. The third kappa shape index (κ3) is 2.89. The fraction of sp³-hybridized carbons (Fsp3) is 0.647. The number of amides is 1. The molecule has 0 spiro atoms. The van der Waals surface area contributed by atoms with E-state index in [1.54, 1.807) is 18.7 Å². The third-order valence-electron chi connectivity index (χ3n) is 5.06. The van der Waals surface area contributed by atoms with Crippen LogP contribution in [0, 0.1) is 0 Å². The lowest BCUT2D eigenvalue weighted by Gasteiger charge is -2.33. The molecule has 0 saturated heterocycles. The van der Waals surface area contributed by atoms with Gasteiger partial charge in [0, 0.05) is 26.2 Å². The summed E-state index contributed by atoms with van der Waals surface area (Å²) in [5, 5.41) is 0. The average molecular weight is 347 g/mol. The molecule has 1 fully saturated rings. The molecule has 2 aromatic rings. The Morgan fingerprint density at radius 3 is 2.52 bits per heavy atom. The van der Waals surface area contributed by atoms with Gasteiger partial charge in [0.1, 0.15) is 6.54 Å². The van der Waals surface area contributed by atoms with E-state index in [4.69, 9.17) is 0 Å². The van der Waals surface area contributed by atoms with Crippen molar-refractivity contribution in [2.75, 3.05) is 0 Å². The highest BCUT2D eigenvalue weighted by Crippen LogP contribution is 2.25. The summed E-state index contributed by atoms with van der Waals surface area (Å²) in [5.74, 6) is -0.178. The largest absolute Gasteiger partial charge is 0.336 e. The molecule has 0 bridgehead atoms. The first-order chi connectivity index (χ1) is 11.8. The minimum absolute atomic E-state index is 0.0376. The smallest absolute Gasteiger partial charge is 0.332 e. The molecule has 136 valence electrons. The van der Waals surface area contributed by atoms with Gasteiger partial charge in [-0.05, 0) is 26.7 Å². The summed E-state index contributed by atoms with van der Waals surface area (Å²) < 4.78 is 3.92. The number of hydrogen-bond acceptors (Lipinski definition) is 4. The van der Waals surface area contributed by atoms with E-state index in [1.807, 2.05) is 18.7 Å². The zero-order valence-electron chi connectivity index (χ0n) is 15.2. The van der Waals surface area contributed by atoms with Gasteiger partial charge < -0.3 is 9.47 Å². The molecular formula is C17H25N5O3. The quantitative estimate of drug-likeness (QED) is 0.811. The zero-order valence-corrected chi connectivity index (χ0v) is 15.2. The van der Waals surface area contributed by atoms with Crippen molar-refractivity contribution in [3.8, 4) is 0 Å². The Kier molecular flexibility index (Phi) is 4.53. The number of aryl methyl sites for hydroxylation is 2. The van der Waals surface area contributed by atoms with Crippen molar-refractivity contribution >= 4 is 17.1 Å². The van der Waals surface area contributed by atoms with Gasteiger partial charge in [-0.3, -0.25) is 14.2 Å². The SMILES string of the molecule is CC(C)N(C(=O)Cn1c(=O)c2c(ncn2C)n(C)c1=O)C1CCCC1. The van der Waals surface area contributed by atoms with Crippen LogP contribution in [0.5, 0.6) is 0 Å². The number of carbonyl (C=O) groups excluding carboxylic acids is 1. The number of aromatic nitrogens is 4. The first kappa shape index (κ1) is 17.4. The molecule has 1 aliphatic rings. The molecule has 2 aromatic heterocycles. The maximum Gasteiger partial charge on any atom is 0.332 e. The van der Waals surface area contributed by atoms with Crippen LogP contribution in [0.2, 0.25) is 0 Å². The molecule has 3 rings (SSSR count). The van der Waals surface area contributed by atoms with E-state index >= 15 is 0 Å². The van der Waals surface area contributed by atoms with Crippen molar-refractivity contribution in [3.63, 3.8) is 0 Å². The van der Waals surface area contributed by atoms with Crippen molar-refractivity contribution < 1.29 is 4.79 Å². The summed E-state index contributed by atoms with van der Waals surface area (Å²) in [6.45, 7) is 3.71. The Hall–Kier alpha value is -2.38. The molecule has 0 aromatic carbocycles. The second-order valence-corrected chi connectivity index (χ2v) is 7.09. The summed E-state index contributed by atoms with van der Waals surface area (Å²) >= 11 is 0. The standard InChI is InChI=1S/C17H25N5O3/c1-11(2)22(12-7-5-6-8-12)13(23)9-21-16(24)14-15(18-10-19(14)3)20(4)17(21)25/h10-12H,5-9H2,1-4H3. The third-order valence-corrected chi connectivity index (χ3v) is 5.06. The second kappa shape index (κ2) is 6.50. The molecule has 0 radical (unpaired) electrons. The van der Waals surface area contributed by atoms with Crippen molar-refractivity contribution in [1.29, 1.82) is 0 Å². The van der Waals surface area contributed by atoms with Crippen LogP contribution < -0.4 is 11.2 Å². The second-order valence-electron chi connectivity index (χ2n) is 7.09. The van der Waals surface area contributed by atoms with Gasteiger partial charge in [0.25, 0.3) is 5.56 Å². The fourth-order valence-corrected chi connectivity index (χ4v) is 3.85. The van der Waals surface area contributed by atoms with Gasteiger partial charge in [-0.25, -0.2) is 14.3 Å². The molecule has 2 heterocycles. The van der Waals surface area contributed by atoms with Gasteiger partial charge in [0.15, 0.2) is 11.2 Å². The van der Waals surface area contributed by atoms with Crippen molar-refractivity contribution in [2.24, 2.45) is 14.1 Å². The molecule has 1 aliphatic carbocycles. The zero-order chi connectivity index (χ0) is 18.3. The Labute approximate surface area is 145 Å². The molecule has 0 N–H and O–H groups in total. The van der Waals surface area contributed by atoms with Crippen molar-refractivity contribution in [2.45, 2.75) is 58.2 Å². The number of nitrogens with zero attached hydrogens (tertiary/aromatic N) is 5. The fourth-order valence-electron chi connectivity index (χ4n) is 3.85. The normalized spacial score (nSPS) is 15.4. The molecule has 1 amide bonds. The summed E-state index contributed by atoms with van der Waals surface area (Å²) in [6, 6.07) is 0.239. The van der Waals surface area contributed by atoms with Crippen molar-refractivity contribution in [3.05, 3.63) is 27.2 Å². The van der Waals surface area contributed by atoms with Crippen LogP contribution in [0.4, 0.5) is 0 Å². The Morgan fingerprint density at radius 2 is 1.92 bits per heavy atom. The van der Waals surface area contributed by atoms with E-state index < -0.39 is 11.2 Å². The maximum atomic E-state index is 12.9. The highest BCUT2D eigenvalue weighted by atomic mass is 16.2. The Bertz CT molecular complexity index is 915.